The Kier molecular flexibility index (Phi) is 4.32. The molecule has 0 spiro atoms. The molecular formula is C17H21N3O3. The fraction of sp³-hybridized carbons (Fsp3) is 0.471. The predicted molar refractivity (Wildman–Crippen MR) is 86.0 cm³/mol. The summed E-state index contributed by atoms with van der Waals surface area (Å²) in [6.45, 7) is 3.87. The highest BCUT2D eigenvalue weighted by atomic mass is 16.5. The number of nitrogens with zero attached hydrogens (tertiary/aromatic N) is 2. The number of nitrogens with one attached hydrogen (secondary N) is 1. The SMILES string of the molecule is C[C@@H]1CCC[C@@H](C)N1C(=O)COC(=O)c1ccc2nc[nH]c2c1. The number of esters is 1. The van der Waals surface area contributed by atoms with E-state index in [1.54, 1.807) is 24.5 Å². The molecule has 23 heavy (non-hydrogen) atoms. The third kappa shape index (κ3) is 3.21. The highest BCUT2D eigenvalue weighted by Crippen LogP contribution is 2.22. The van der Waals surface area contributed by atoms with Crippen molar-refractivity contribution in [2.75, 3.05) is 6.61 Å². The Bertz CT molecular complexity index is 715. The summed E-state index contributed by atoms with van der Waals surface area (Å²) in [4.78, 5) is 33.4. The number of rotatable bonds is 3. The maximum absolute atomic E-state index is 12.4. The molecule has 2 heterocycles. The average Bonchev–Trinajstić information content (AvgIpc) is 3.00. The standard InChI is InChI=1S/C17H21N3O3/c1-11-4-3-5-12(2)20(11)16(21)9-23-17(22)13-6-7-14-15(8-13)19-10-18-14/h6-8,10-12H,3-5,9H2,1-2H3,(H,18,19)/t11-,12-/m1/s1. The number of hydrogen-bond acceptors (Lipinski definition) is 4. The van der Waals surface area contributed by atoms with Gasteiger partial charge in [-0.15, -0.1) is 0 Å². The number of carbonyl (C=O) groups is 2. The first-order valence-corrected chi connectivity index (χ1v) is 7.97. The van der Waals surface area contributed by atoms with Crippen LogP contribution in [0.1, 0.15) is 43.5 Å². The summed E-state index contributed by atoms with van der Waals surface area (Å²) >= 11 is 0. The summed E-state index contributed by atoms with van der Waals surface area (Å²) in [7, 11) is 0. The summed E-state index contributed by atoms with van der Waals surface area (Å²) in [6.07, 6.45) is 4.71. The first-order chi connectivity index (χ1) is 11.1. The molecule has 1 saturated heterocycles. The van der Waals surface area contributed by atoms with E-state index in [0.717, 1.165) is 30.3 Å². The number of likely N-dealkylation sites (tertiary alicyclic amines) is 1. The minimum Gasteiger partial charge on any atom is -0.452 e. The number of carbonyl (C=O) groups excluding carboxylic acids is 2. The Morgan fingerprint density at radius 2 is 2.04 bits per heavy atom. The molecule has 0 radical (unpaired) electrons. The van der Waals surface area contributed by atoms with Gasteiger partial charge in [0.05, 0.1) is 22.9 Å². The number of hydrogen-bond donors (Lipinski definition) is 1. The Morgan fingerprint density at radius 1 is 1.30 bits per heavy atom. The van der Waals surface area contributed by atoms with E-state index in [9.17, 15) is 9.59 Å². The summed E-state index contributed by atoms with van der Waals surface area (Å²) in [5.74, 6) is -0.618. The van der Waals surface area contributed by atoms with Crippen molar-refractivity contribution in [2.45, 2.75) is 45.2 Å². The van der Waals surface area contributed by atoms with Gasteiger partial charge in [0, 0.05) is 12.1 Å². The Morgan fingerprint density at radius 3 is 2.78 bits per heavy atom. The van der Waals surface area contributed by atoms with Crippen LogP contribution in [0.15, 0.2) is 24.5 Å². The second-order valence-electron chi connectivity index (χ2n) is 6.14. The van der Waals surface area contributed by atoms with Crippen LogP contribution in [0.25, 0.3) is 11.0 Å². The second-order valence-corrected chi connectivity index (χ2v) is 6.14. The van der Waals surface area contributed by atoms with E-state index >= 15 is 0 Å². The van der Waals surface area contributed by atoms with Gasteiger partial charge < -0.3 is 14.6 Å². The van der Waals surface area contributed by atoms with E-state index in [1.807, 2.05) is 18.7 Å². The summed E-state index contributed by atoms with van der Waals surface area (Å²) in [5.41, 5.74) is 1.96. The van der Waals surface area contributed by atoms with Crippen molar-refractivity contribution in [2.24, 2.45) is 0 Å². The molecule has 6 nitrogen and oxygen atoms in total. The van der Waals surface area contributed by atoms with E-state index in [0.29, 0.717) is 5.56 Å². The topological polar surface area (TPSA) is 75.3 Å². The normalized spacial score (nSPS) is 21.4. The van der Waals surface area contributed by atoms with E-state index < -0.39 is 5.97 Å². The minimum atomic E-state index is -0.493. The summed E-state index contributed by atoms with van der Waals surface area (Å²) < 4.78 is 5.20. The van der Waals surface area contributed by atoms with Crippen LogP contribution in [-0.4, -0.2) is 45.4 Å². The molecule has 122 valence electrons. The fourth-order valence-electron chi connectivity index (χ4n) is 3.26. The van der Waals surface area contributed by atoms with Crippen molar-refractivity contribution >= 4 is 22.9 Å². The lowest BCUT2D eigenvalue weighted by Crippen LogP contribution is -2.49. The van der Waals surface area contributed by atoms with Gasteiger partial charge in [-0.1, -0.05) is 0 Å². The molecule has 1 aromatic carbocycles. The molecular weight excluding hydrogens is 294 g/mol. The van der Waals surface area contributed by atoms with Crippen LogP contribution < -0.4 is 0 Å². The third-order valence-electron chi connectivity index (χ3n) is 4.46. The molecule has 1 fully saturated rings. The number of H-pyrrole nitrogens is 1. The van der Waals surface area contributed by atoms with Gasteiger partial charge in [-0.2, -0.15) is 0 Å². The molecule has 6 heteroatoms. The van der Waals surface area contributed by atoms with Crippen LogP contribution in [0.3, 0.4) is 0 Å². The number of fused-ring (bicyclic) bond motifs is 1. The molecule has 1 amide bonds. The Hall–Kier alpha value is -2.37. The molecule has 1 aromatic heterocycles. The number of aromatic amines is 1. The molecule has 0 aliphatic carbocycles. The Balaban J connectivity index is 1.62. The van der Waals surface area contributed by atoms with E-state index in [2.05, 4.69) is 9.97 Å². The maximum atomic E-state index is 12.4. The van der Waals surface area contributed by atoms with E-state index in [-0.39, 0.29) is 24.6 Å². The lowest BCUT2D eigenvalue weighted by atomic mass is 9.97. The van der Waals surface area contributed by atoms with Gasteiger partial charge >= 0.3 is 5.97 Å². The quantitative estimate of drug-likeness (QED) is 0.883. The highest BCUT2D eigenvalue weighted by Gasteiger charge is 2.29. The van der Waals surface area contributed by atoms with E-state index in [1.165, 1.54) is 0 Å². The van der Waals surface area contributed by atoms with Crippen molar-refractivity contribution in [3.63, 3.8) is 0 Å². The van der Waals surface area contributed by atoms with Gasteiger partial charge in [0.2, 0.25) is 0 Å². The average molecular weight is 315 g/mol. The van der Waals surface area contributed by atoms with Crippen LogP contribution in [0.4, 0.5) is 0 Å². The van der Waals surface area contributed by atoms with Crippen LogP contribution in [0.2, 0.25) is 0 Å². The number of aromatic nitrogens is 2. The predicted octanol–water partition coefficient (Wildman–Crippen LogP) is 2.51. The third-order valence-corrected chi connectivity index (χ3v) is 4.46. The van der Waals surface area contributed by atoms with E-state index in [4.69, 9.17) is 4.74 Å². The fourth-order valence-corrected chi connectivity index (χ4v) is 3.26. The lowest BCUT2D eigenvalue weighted by Gasteiger charge is -2.38. The highest BCUT2D eigenvalue weighted by molar-refractivity contribution is 5.94. The molecule has 0 saturated carbocycles. The summed E-state index contributed by atoms with van der Waals surface area (Å²) in [6, 6.07) is 5.49. The van der Waals surface area contributed by atoms with Crippen LogP contribution in [-0.2, 0) is 9.53 Å². The first-order valence-electron chi connectivity index (χ1n) is 7.97. The molecule has 3 rings (SSSR count). The molecule has 1 aliphatic heterocycles. The number of amides is 1. The molecule has 1 N–H and O–H groups in total. The van der Waals surface area contributed by atoms with Gasteiger partial charge in [-0.25, -0.2) is 9.78 Å². The van der Waals surface area contributed by atoms with Crippen molar-refractivity contribution in [1.29, 1.82) is 0 Å². The van der Waals surface area contributed by atoms with Gasteiger partial charge in [-0.3, -0.25) is 4.79 Å². The second kappa shape index (κ2) is 6.40. The zero-order valence-corrected chi connectivity index (χ0v) is 13.4. The molecule has 2 aromatic rings. The van der Waals surface area contributed by atoms with Crippen LogP contribution >= 0.6 is 0 Å². The Labute approximate surface area is 134 Å². The monoisotopic (exact) mass is 315 g/mol. The first kappa shape index (κ1) is 15.5. The van der Waals surface area contributed by atoms with Crippen molar-refractivity contribution in [3.8, 4) is 0 Å². The molecule has 0 unspecified atom stereocenters. The van der Waals surface area contributed by atoms with Gasteiger partial charge in [-0.05, 0) is 51.3 Å². The van der Waals surface area contributed by atoms with Crippen molar-refractivity contribution < 1.29 is 14.3 Å². The lowest BCUT2D eigenvalue weighted by molar-refractivity contribution is -0.140. The molecule has 0 bridgehead atoms. The number of benzene rings is 1. The van der Waals surface area contributed by atoms with Crippen LogP contribution in [0, 0.1) is 0 Å². The largest absolute Gasteiger partial charge is 0.452 e. The minimum absolute atomic E-state index is 0.124. The van der Waals surface area contributed by atoms with Crippen LogP contribution in [0.5, 0.6) is 0 Å². The number of piperidine rings is 1. The van der Waals surface area contributed by atoms with Gasteiger partial charge in [0.25, 0.3) is 5.91 Å². The molecule has 2 atom stereocenters. The van der Waals surface area contributed by atoms with Gasteiger partial charge in [0.1, 0.15) is 0 Å². The number of imidazole rings is 1. The summed E-state index contributed by atoms with van der Waals surface area (Å²) in [5, 5.41) is 0. The van der Waals surface area contributed by atoms with Crippen molar-refractivity contribution in [3.05, 3.63) is 30.1 Å². The van der Waals surface area contributed by atoms with Crippen molar-refractivity contribution in [1.82, 2.24) is 14.9 Å². The molecule has 1 aliphatic rings. The maximum Gasteiger partial charge on any atom is 0.338 e. The number of ether oxygens (including phenoxy) is 1. The zero-order chi connectivity index (χ0) is 16.4. The van der Waals surface area contributed by atoms with Gasteiger partial charge in [0.15, 0.2) is 6.61 Å². The smallest absolute Gasteiger partial charge is 0.338 e. The zero-order valence-electron chi connectivity index (χ0n) is 13.4.